The third kappa shape index (κ3) is 4.97. The zero-order valence-electron chi connectivity index (χ0n) is 16.9. The van der Waals surface area contributed by atoms with E-state index in [1.807, 2.05) is 37.3 Å². The molecule has 1 fully saturated rings. The molecule has 3 rings (SSSR count). The van der Waals surface area contributed by atoms with Crippen molar-refractivity contribution in [2.75, 3.05) is 20.2 Å². The highest BCUT2D eigenvalue weighted by Gasteiger charge is 2.32. The first kappa shape index (κ1) is 21.3. The Kier molecular flexibility index (Phi) is 6.92. The molecule has 1 aliphatic rings. The van der Waals surface area contributed by atoms with Crippen LogP contribution in [0.4, 0.5) is 0 Å². The number of carbonyl (C=O) groups is 1. The van der Waals surface area contributed by atoms with E-state index in [4.69, 9.17) is 4.74 Å². The molecule has 0 aromatic heterocycles. The van der Waals surface area contributed by atoms with Gasteiger partial charge in [-0.05, 0) is 49.1 Å². The van der Waals surface area contributed by atoms with E-state index >= 15 is 0 Å². The molecular weight excluding hydrogens is 388 g/mol. The minimum atomic E-state index is -3.56. The molecule has 1 N–H and O–H groups in total. The standard InChI is InChI=1S/C22H28N2O4S/c1-3-21(17-7-5-4-6-8-17)23-22(25)18-13-15-24(16-14-18)29(26,27)20-11-9-19(28-2)10-12-20/h4-12,18,21H,3,13-16H2,1-2H3,(H,23,25). The molecule has 0 aliphatic carbocycles. The van der Waals surface area contributed by atoms with E-state index in [1.165, 1.54) is 4.31 Å². The number of piperidine rings is 1. The molecule has 1 saturated heterocycles. The van der Waals surface area contributed by atoms with Crippen molar-refractivity contribution in [2.45, 2.75) is 37.1 Å². The average Bonchev–Trinajstić information content (AvgIpc) is 2.78. The van der Waals surface area contributed by atoms with Crippen LogP contribution < -0.4 is 10.1 Å². The summed E-state index contributed by atoms with van der Waals surface area (Å²) in [6.45, 7) is 2.73. The minimum absolute atomic E-state index is 0.00204. The fourth-order valence-corrected chi connectivity index (χ4v) is 5.12. The first-order valence-corrected chi connectivity index (χ1v) is 11.4. The summed E-state index contributed by atoms with van der Waals surface area (Å²) in [4.78, 5) is 13.0. The highest BCUT2D eigenvalue weighted by Crippen LogP contribution is 2.26. The number of nitrogens with zero attached hydrogens (tertiary/aromatic N) is 1. The molecule has 1 unspecified atom stereocenters. The molecule has 0 bridgehead atoms. The molecule has 6 nitrogen and oxygen atoms in total. The Morgan fingerprint density at radius 1 is 1.10 bits per heavy atom. The maximum atomic E-state index is 12.9. The summed E-state index contributed by atoms with van der Waals surface area (Å²) in [6, 6.07) is 16.3. The van der Waals surface area contributed by atoms with Crippen LogP contribution in [0.5, 0.6) is 5.75 Å². The second kappa shape index (κ2) is 9.41. The number of rotatable bonds is 7. The van der Waals surface area contributed by atoms with Crippen molar-refractivity contribution in [1.82, 2.24) is 9.62 Å². The Hall–Kier alpha value is -2.38. The fourth-order valence-electron chi connectivity index (χ4n) is 3.65. The number of ether oxygens (including phenoxy) is 1. The summed E-state index contributed by atoms with van der Waals surface area (Å²) >= 11 is 0. The Morgan fingerprint density at radius 3 is 2.28 bits per heavy atom. The number of methoxy groups -OCH3 is 1. The van der Waals surface area contributed by atoms with Crippen molar-refractivity contribution in [2.24, 2.45) is 5.92 Å². The quantitative estimate of drug-likeness (QED) is 0.751. The zero-order chi connectivity index (χ0) is 20.9. The Labute approximate surface area is 172 Å². The molecule has 2 aromatic rings. The molecule has 0 spiro atoms. The third-order valence-corrected chi connectivity index (χ3v) is 7.36. The van der Waals surface area contributed by atoms with E-state index in [9.17, 15) is 13.2 Å². The third-order valence-electron chi connectivity index (χ3n) is 5.45. The summed E-state index contributed by atoms with van der Waals surface area (Å²) in [5, 5.41) is 3.13. The fraction of sp³-hybridized carbons (Fsp3) is 0.409. The van der Waals surface area contributed by atoms with Gasteiger partial charge in [-0.15, -0.1) is 0 Å². The van der Waals surface area contributed by atoms with Gasteiger partial charge in [0.25, 0.3) is 0 Å². The summed E-state index contributed by atoms with van der Waals surface area (Å²) in [7, 11) is -2.02. The molecule has 0 radical (unpaired) electrons. The van der Waals surface area contributed by atoms with Gasteiger partial charge in [-0.2, -0.15) is 4.31 Å². The van der Waals surface area contributed by atoms with Gasteiger partial charge in [0.1, 0.15) is 5.75 Å². The second-order valence-electron chi connectivity index (χ2n) is 7.23. The first-order chi connectivity index (χ1) is 14.0. The van der Waals surface area contributed by atoms with Crippen LogP contribution in [0.2, 0.25) is 0 Å². The Bertz CT molecular complexity index is 906. The van der Waals surface area contributed by atoms with Crippen molar-refractivity contribution >= 4 is 15.9 Å². The number of sulfonamides is 1. The maximum Gasteiger partial charge on any atom is 0.243 e. The van der Waals surface area contributed by atoms with Gasteiger partial charge in [0.2, 0.25) is 15.9 Å². The SMILES string of the molecule is CCC(NC(=O)C1CCN(S(=O)(=O)c2ccc(OC)cc2)CC1)c1ccccc1. The molecular formula is C22H28N2O4S. The Morgan fingerprint density at radius 2 is 1.72 bits per heavy atom. The van der Waals surface area contributed by atoms with Gasteiger partial charge in [-0.1, -0.05) is 37.3 Å². The van der Waals surface area contributed by atoms with Crippen LogP contribution in [0.15, 0.2) is 59.5 Å². The number of carbonyl (C=O) groups excluding carboxylic acids is 1. The van der Waals surface area contributed by atoms with Crippen LogP contribution in [0.1, 0.15) is 37.8 Å². The molecule has 1 heterocycles. The summed E-state index contributed by atoms with van der Waals surface area (Å²) in [5.41, 5.74) is 1.09. The number of hydrogen-bond acceptors (Lipinski definition) is 4. The van der Waals surface area contributed by atoms with Crippen LogP contribution in [0.3, 0.4) is 0 Å². The second-order valence-corrected chi connectivity index (χ2v) is 9.17. The molecule has 156 valence electrons. The molecule has 1 atom stereocenters. The number of amides is 1. The predicted octanol–water partition coefficient (Wildman–Crippen LogP) is 3.36. The predicted molar refractivity (Wildman–Crippen MR) is 112 cm³/mol. The lowest BCUT2D eigenvalue weighted by Crippen LogP contribution is -2.43. The number of nitrogens with one attached hydrogen (secondary N) is 1. The largest absolute Gasteiger partial charge is 0.497 e. The van der Waals surface area contributed by atoms with Crippen molar-refractivity contribution in [3.8, 4) is 5.75 Å². The van der Waals surface area contributed by atoms with Crippen molar-refractivity contribution < 1.29 is 17.9 Å². The van der Waals surface area contributed by atoms with Crippen LogP contribution in [0, 0.1) is 5.92 Å². The minimum Gasteiger partial charge on any atom is -0.497 e. The highest BCUT2D eigenvalue weighted by molar-refractivity contribution is 7.89. The van der Waals surface area contributed by atoms with Crippen LogP contribution in [-0.4, -0.2) is 38.8 Å². The summed E-state index contributed by atoms with van der Waals surface area (Å²) < 4.78 is 32.3. The highest BCUT2D eigenvalue weighted by atomic mass is 32.2. The van der Waals surface area contributed by atoms with Crippen LogP contribution >= 0.6 is 0 Å². The van der Waals surface area contributed by atoms with E-state index in [0.29, 0.717) is 31.7 Å². The molecule has 2 aromatic carbocycles. The molecule has 29 heavy (non-hydrogen) atoms. The van der Waals surface area contributed by atoms with E-state index in [-0.39, 0.29) is 22.8 Å². The maximum absolute atomic E-state index is 12.9. The molecule has 0 saturated carbocycles. The van der Waals surface area contributed by atoms with Gasteiger partial charge in [0.05, 0.1) is 18.0 Å². The van der Waals surface area contributed by atoms with Gasteiger partial charge in [0, 0.05) is 19.0 Å². The number of benzene rings is 2. The molecule has 1 aliphatic heterocycles. The lowest BCUT2D eigenvalue weighted by molar-refractivity contribution is -0.126. The van der Waals surface area contributed by atoms with E-state index in [0.717, 1.165) is 12.0 Å². The van der Waals surface area contributed by atoms with Crippen molar-refractivity contribution in [3.05, 3.63) is 60.2 Å². The normalized spacial score (nSPS) is 16.9. The van der Waals surface area contributed by atoms with Crippen molar-refractivity contribution in [1.29, 1.82) is 0 Å². The van der Waals surface area contributed by atoms with Gasteiger partial charge in [-0.3, -0.25) is 4.79 Å². The Balaban J connectivity index is 1.59. The van der Waals surface area contributed by atoms with E-state index in [2.05, 4.69) is 5.32 Å². The van der Waals surface area contributed by atoms with E-state index < -0.39 is 10.0 Å². The van der Waals surface area contributed by atoms with E-state index in [1.54, 1.807) is 31.4 Å². The summed E-state index contributed by atoms with van der Waals surface area (Å²) in [5.74, 6) is 0.445. The van der Waals surface area contributed by atoms with Crippen molar-refractivity contribution in [3.63, 3.8) is 0 Å². The lowest BCUT2D eigenvalue weighted by Gasteiger charge is -2.31. The molecule has 7 heteroatoms. The number of hydrogen-bond donors (Lipinski definition) is 1. The van der Waals surface area contributed by atoms with Crippen LogP contribution in [0.25, 0.3) is 0 Å². The zero-order valence-corrected chi connectivity index (χ0v) is 17.7. The van der Waals surface area contributed by atoms with Gasteiger partial charge >= 0.3 is 0 Å². The van der Waals surface area contributed by atoms with Gasteiger partial charge < -0.3 is 10.1 Å². The average molecular weight is 417 g/mol. The van der Waals surface area contributed by atoms with Gasteiger partial charge in [0.15, 0.2) is 0 Å². The lowest BCUT2D eigenvalue weighted by atomic mass is 9.96. The van der Waals surface area contributed by atoms with Gasteiger partial charge in [-0.25, -0.2) is 8.42 Å². The smallest absolute Gasteiger partial charge is 0.243 e. The topological polar surface area (TPSA) is 75.7 Å². The monoisotopic (exact) mass is 416 g/mol. The van der Waals surface area contributed by atoms with Crippen LogP contribution in [-0.2, 0) is 14.8 Å². The first-order valence-electron chi connectivity index (χ1n) is 9.95. The molecule has 1 amide bonds. The summed E-state index contributed by atoms with van der Waals surface area (Å²) in [6.07, 6.45) is 1.85.